The van der Waals surface area contributed by atoms with Gasteiger partial charge in [0.15, 0.2) is 0 Å². The van der Waals surface area contributed by atoms with Crippen LogP contribution in [0, 0.1) is 0 Å². The second-order valence-corrected chi connectivity index (χ2v) is 4.28. The number of carboxylic acids is 1. The molecule has 6 nitrogen and oxygen atoms in total. The van der Waals surface area contributed by atoms with Crippen LogP contribution in [0.15, 0.2) is 36.5 Å². The third-order valence-corrected chi connectivity index (χ3v) is 2.95. The highest BCUT2D eigenvalue weighted by Crippen LogP contribution is 2.23. The van der Waals surface area contributed by atoms with Crippen LogP contribution in [-0.2, 0) is 6.54 Å². The minimum Gasteiger partial charge on any atom is -0.497 e. The Morgan fingerprint density at radius 3 is 2.62 bits per heavy atom. The highest BCUT2D eigenvalue weighted by Gasteiger charge is 2.11. The number of anilines is 1. The molecule has 21 heavy (non-hydrogen) atoms. The van der Waals surface area contributed by atoms with Gasteiger partial charge in [0.2, 0.25) is 5.88 Å². The second-order valence-electron chi connectivity index (χ2n) is 4.28. The van der Waals surface area contributed by atoms with E-state index in [-0.39, 0.29) is 5.56 Å². The van der Waals surface area contributed by atoms with Crippen molar-refractivity contribution in [2.75, 3.05) is 19.5 Å². The molecule has 0 unspecified atom stereocenters. The number of hydrogen-bond donors (Lipinski definition) is 2. The van der Waals surface area contributed by atoms with Crippen LogP contribution in [0.4, 0.5) is 5.69 Å². The van der Waals surface area contributed by atoms with Crippen LogP contribution >= 0.6 is 0 Å². The summed E-state index contributed by atoms with van der Waals surface area (Å²) in [6.45, 7) is 0.449. The summed E-state index contributed by atoms with van der Waals surface area (Å²) in [4.78, 5) is 15.3. The van der Waals surface area contributed by atoms with E-state index in [0.29, 0.717) is 23.9 Å². The van der Waals surface area contributed by atoms with Crippen molar-refractivity contribution in [3.05, 3.63) is 47.7 Å². The summed E-state index contributed by atoms with van der Waals surface area (Å²) in [5.41, 5.74) is 1.60. The number of pyridine rings is 1. The van der Waals surface area contributed by atoms with Crippen LogP contribution in [0.5, 0.6) is 11.6 Å². The lowest BCUT2D eigenvalue weighted by Crippen LogP contribution is -2.07. The van der Waals surface area contributed by atoms with Crippen LogP contribution in [-0.4, -0.2) is 30.3 Å². The van der Waals surface area contributed by atoms with Gasteiger partial charge in [-0.1, -0.05) is 6.07 Å². The summed E-state index contributed by atoms with van der Waals surface area (Å²) < 4.78 is 10.1. The predicted octanol–water partition coefficient (Wildman–Crippen LogP) is 2.41. The standard InChI is InChI=1S/C15H16N2O4/c1-20-11-4-5-12(15(18)19)13(7-11)16-8-10-3-6-14(21-2)17-9-10/h3-7,9,16H,8H2,1-2H3,(H,18,19). The Labute approximate surface area is 122 Å². The first-order valence-electron chi connectivity index (χ1n) is 6.28. The number of hydrogen-bond acceptors (Lipinski definition) is 5. The Balaban J connectivity index is 2.15. The summed E-state index contributed by atoms with van der Waals surface area (Å²) in [5.74, 6) is 0.134. The molecule has 0 atom stereocenters. The van der Waals surface area contributed by atoms with Gasteiger partial charge in [-0.25, -0.2) is 9.78 Å². The highest BCUT2D eigenvalue weighted by atomic mass is 16.5. The van der Waals surface area contributed by atoms with Gasteiger partial charge in [-0.3, -0.25) is 0 Å². The maximum absolute atomic E-state index is 11.2. The van der Waals surface area contributed by atoms with Gasteiger partial charge < -0.3 is 19.9 Å². The van der Waals surface area contributed by atoms with Gasteiger partial charge in [-0.15, -0.1) is 0 Å². The fourth-order valence-electron chi connectivity index (χ4n) is 1.82. The average Bonchev–Trinajstić information content (AvgIpc) is 2.52. The quantitative estimate of drug-likeness (QED) is 0.849. The lowest BCUT2D eigenvalue weighted by molar-refractivity contribution is 0.0698. The zero-order valence-electron chi connectivity index (χ0n) is 11.8. The third kappa shape index (κ3) is 3.62. The summed E-state index contributed by atoms with van der Waals surface area (Å²) in [6, 6.07) is 8.39. The third-order valence-electron chi connectivity index (χ3n) is 2.95. The predicted molar refractivity (Wildman–Crippen MR) is 78.1 cm³/mol. The van der Waals surface area contributed by atoms with E-state index in [4.69, 9.17) is 9.47 Å². The molecular weight excluding hydrogens is 272 g/mol. The van der Waals surface area contributed by atoms with Crippen molar-refractivity contribution in [3.8, 4) is 11.6 Å². The van der Waals surface area contributed by atoms with Crippen molar-refractivity contribution in [1.82, 2.24) is 4.98 Å². The van der Waals surface area contributed by atoms with E-state index in [9.17, 15) is 9.90 Å². The van der Waals surface area contributed by atoms with Gasteiger partial charge in [0, 0.05) is 24.9 Å². The first-order chi connectivity index (χ1) is 10.1. The van der Waals surface area contributed by atoms with Crippen LogP contribution in [0.25, 0.3) is 0 Å². The first kappa shape index (κ1) is 14.6. The summed E-state index contributed by atoms with van der Waals surface area (Å²) >= 11 is 0. The minimum atomic E-state index is -0.993. The molecule has 110 valence electrons. The molecule has 6 heteroatoms. The van der Waals surface area contributed by atoms with Gasteiger partial charge >= 0.3 is 5.97 Å². The number of carboxylic acid groups (broad SMARTS) is 1. The van der Waals surface area contributed by atoms with Crippen molar-refractivity contribution in [2.45, 2.75) is 6.54 Å². The Morgan fingerprint density at radius 2 is 2.05 bits per heavy atom. The fourth-order valence-corrected chi connectivity index (χ4v) is 1.82. The smallest absolute Gasteiger partial charge is 0.337 e. The number of nitrogens with one attached hydrogen (secondary N) is 1. The molecule has 0 bridgehead atoms. The Hall–Kier alpha value is -2.76. The van der Waals surface area contributed by atoms with Crippen molar-refractivity contribution >= 4 is 11.7 Å². The normalized spacial score (nSPS) is 10.0. The number of benzene rings is 1. The van der Waals surface area contributed by atoms with E-state index in [1.54, 1.807) is 31.5 Å². The topological polar surface area (TPSA) is 80.7 Å². The van der Waals surface area contributed by atoms with Crippen LogP contribution in [0.1, 0.15) is 15.9 Å². The van der Waals surface area contributed by atoms with E-state index >= 15 is 0 Å². The first-order valence-corrected chi connectivity index (χ1v) is 6.28. The van der Waals surface area contributed by atoms with Gasteiger partial charge in [-0.2, -0.15) is 0 Å². The van der Waals surface area contributed by atoms with Gasteiger partial charge in [0.05, 0.1) is 25.5 Å². The van der Waals surface area contributed by atoms with Gasteiger partial charge in [0.25, 0.3) is 0 Å². The molecule has 0 amide bonds. The molecule has 0 saturated carbocycles. The van der Waals surface area contributed by atoms with Crippen LogP contribution in [0.2, 0.25) is 0 Å². The molecule has 1 aromatic carbocycles. The fraction of sp³-hybridized carbons (Fsp3) is 0.200. The lowest BCUT2D eigenvalue weighted by atomic mass is 10.1. The molecule has 0 aliphatic heterocycles. The molecule has 2 rings (SSSR count). The number of aromatic nitrogens is 1. The maximum atomic E-state index is 11.2. The van der Waals surface area contributed by atoms with Crippen LogP contribution in [0.3, 0.4) is 0 Å². The molecule has 2 aromatic rings. The molecule has 2 N–H and O–H groups in total. The molecule has 0 aliphatic carbocycles. The maximum Gasteiger partial charge on any atom is 0.337 e. The van der Waals surface area contributed by atoms with Gasteiger partial charge in [0.1, 0.15) is 5.75 Å². The highest BCUT2D eigenvalue weighted by molar-refractivity contribution is 5.94. The Kier molecular flexibility index (Phi) is 4.61. The largest absolute Gasteiger partial charge is 0.497 e. The lowest BCUT2D eigenvalue weighted by Gasteiger charge is -2.11. The monoisotopic (exact) mass is 288 g/mol. The van der Waals surface area contributed by atoms with E-state index in [2.05, 4.69) is 10.3 Å². The molecule has 1 heterocycles. The van der Waals surface area contributed by atoms with Crippen molar-refractivity contribution in [1.29, 1.82) is 0 Å². The number of methoxy groups -OCH3 is 2. The zero-order chi connectivity index (χ0) is 15.2. The SMILES string of the molecule is COc1ccc(C(=O)O)c(NCc2ccc(OC)nc2)c1. The number of aromatic carboxylic acids is 1. The average molecular weight is 288 g/mol. The van der Waals surface area contributed by atoms with E-state index in [1.807, 2.05) is 6.07 Å². The van der Waals surface area contributed by atoms with Crippen molar-refractivity contribution in [2.24, 2.45) is 0 Å². The Morgan fingerprint density at radius 1 is 1.24 bits per heavy atom. The summed E-state index contributed by atoms with van der Waals surface area (Å²) in [7, 11) is 3.09. The number of carbonyl (C=O) groups is 1. The van der Waals surface area contributed by atoms with E-state index < -0.39 is 5.97 Å². The van der Waals surface area contributed by atoms with E-state index in [0.717, 1.165) is 5.56 Å². The summed E-state index contributed by atoms with van der Waals surface area (Å²) in [6.07, 6.45) is 1.67. The number of rotatable bonds is 6. The minimum absolute atomic E-state index is 0.192. The van der Waals surface area contributed by atoms with Crippen molar-refractivity contribution < 1.29 is 19.4 Å². The molecule has 0 radical (unpaired) electrons. The molecule has 1 aromatic heterocycles. The molecular formula is C15H16N2O4. The zero-order valence-corrected chi connectivity index (χ0v) is 11.8. The molecule has 0 fully saturated rings. The second kappa shape index (κ2) is 6.60. The molecule has 0 saturated heterocycles. The van der Waals surface area contributed by atoms with Crippen molar-refractivity contribution in [3.63, 3.8) is 0 Å². The van der Waals surface area contributed by atoms with Crippen LogP contribution < -0.4 is 14.8 Å². The Bertz CT molecular complexity index is 626. The summed E-state index contributed by atoms with van der Waals surface area (Å²) in [5, 5.41) is 12.3. The number of nitrogens with zero attached hydrogens (tertiary/aromatic N) is 1. The van der Waals surface area contributed by atoms with E-state index in [1.165, 1.54) is 13.2 Å². The number of ether oxygens (including phenoxy) is 2. The molecule has 0 spiro atoms. The molecule has 0 aliphatic rings. The van der Waals surface area contributed by atoms with Gasteiger partial charge in [-0.05, 0) is 17.7 Å².